The number of anilines is 3. The van der Waals surface area contributed by atoms with Crippen LogP contribution in [0.5, 0.6) is 11.5 Å². The molecule has 0 aromatic heterocycles. The third-order valence-corrected chi connectivity index (χ3v) is 6.84. The number of benzene rings is 4. The molecule has 0 atom stereocenters. The molecule has 0 saturated carbocycles. The summed E-state index contributed by atoms with van der Waals surface area (Å²) in [5.74, 6) is 0.722. The van der Waals surface area contributed by atoms with E-state index in [1.54, 1.807) is 18.2 Å². The van der Waals surface area contributed by atoms with E-state index in [0.29, 0.717) is 24.5 Å². The second-order valence-corrected chi connectivity index (χ2v) is 10.5. The molecule has 0 amide bonds. The van der Waals surface area contributed by atoms with Gasteiger partial charge in [0, 0.05) is 6.54 Å². The lowest BCUT2D eigenvalue weighted by atomic mass is 10.1. The Morgan fingerprint density at radius 1 is 0.842 bits per heavy atom. The average Bonchev–Trinajstić information content (AvgIpc) is 2.93. The van der Waals surface area contributed by atoms with E-state index < -0.39 is 10.0 Å². The first-order chi connectivity index (χ1) is 18.4. The molecular formula is C30H34N4O3S. The van der Waals surface area contributed by atoms with E-state index in [1.807, 2.05) is 89.9 Å². The Morgan fingerprint density at radius 2 is 1.47 bits per heavy atom. The van der Waals surface area contributed by atoms with Gasteiger partial charge in [0.25, 0.3) is 0 Å². The fraction of sp³-hybridized carbons (Fsp3) is 0.200. The predicted octanol–water partition coefficient (Wildman–Crippen LogP) is 6.76. The van der Waals surface area contributed by atoms with Crippen LogP contribution >= 0.6 is 0 Å². The second-order valence-electron chi connectivity index (χ2n) is 8.96. The number of unbranched alkanes of at least 4 members (excludes halogenated alkanes) is 2. The minimum atomic E-state index is -4.10. The van der Waals surface area contributed by atoms with Crippen molar-refractivity contribution in [2.45, 2.75) is 37.6 Å². The smallest absolute Gasteiger partial charge is 0.241 e. The van der Waals surface area contributed by atoms with Gasteiger partial charge in [-0.2, -0.15) is 0 Å². The number of nitrogens with one attached hydrogen (secondary N) is 2. The molecule has 0 saturated heterocycles. The van der Waals surface area contributed by atoms with Gasteiger partial charge >= 0.3 is 0 Å². The van der Waals surface area contributed by atoms with Crippen LogP contribution in [0.3, 0.4) is 0 Å². The van der Waals surface area contributed by atoms with Crippen molar-refractivity contribution in [2.75, 3.05) is 22.3 Å². The zero-order valence-electron chi connectivity index (χ0n) is 21.5. The molecule has 8 heteroatoms. The Labute approximate surface area is 225 Å². The van der Waals surface area contributed by atoms with Crippen molar-refractivity contribution in [3.05, 3.63) is 109 Å². The van der Waals surface area contributed by atoms with Crippen molar-refractivity contribution < 1.29 is 13.2 Å². The summed E-state index contributed by atoms with van der Waals surface area (Å²) in [5, 5.41) is 11.1. The fourth-order valence-corrected chi connectivity index (χ4v) is 4.78. The Bertz CT molecular complexity index is 1400. The van der Waals surface area contributed by atoms with E-state index >= 15 is 0 Å². The van der Waals surface area contributed by atoms with Gasteiger partial charge in [-0.25, -0.2) is 13.6 Å². The van der Waals surface area contributed by atoms with E-state index in [9.17, 15) is 8.42 Å². The molecule has 0 bridgehead atoms. The molecule has 0 heterocycles. The number of ether oxygens (including phenoxy) is 1. The SMILES string of the molecule is CCCCCNc1cc(CN(Nc2ccccc2)c2ccccc2)cc(S(N)(=O)=O)c1Oc1ccccc1. The van der Waals surface area contributed by atoms with Gasteiger partial charge in [0.15, 0.2) is 5.75 Å². The Balaban J connectivity index is 1.75. The second kappa shape index (κ2) is 13.0. The van der Waals surface area contributed by atoms with Crippen molar-refractivity contribution >= 4 is 27.1 Å². The lowest BCUT2D eigenvalue weighted by Gasteiger charge is -2.27. The minimum Gasteiger partial charge on any atom is -0.454 e. The molecule has 4 N–H and O–H groups in total. The normalized spacial score (nSPS) is 11.1. The number of hydrogen-bond acceptors (Lipinski definition) is 6. The molecule has 0 fully saturated rings. The molecule has 4 rings (SSSR count). The number of hydrazine groups is 1. The zero-order valence-corrected chi connectivity index (χ0v) is 22.3. The number of para-hydroxylation sites is 3. The van der Waals surface area contributed by atoms with Gasteiger partial charge in [0.2, 0.25) is 10.0 Å². The summed E-state index contributed by atoms with van der Waals surface area (Å²) < 4.78 is 31.7. The van der Waals surface area contributed by atoms with Crippen LogP contribution in [0.15, 0.2) is 108 Å². The summed E-state index contributed by atoms with van der Waals surface area (Å²) in [4.78, 5) is -0.0652. The maximum absolute atomic E-state index is 12.8. The third-order valence-electron chi connectivity index (χ3n) is 5.93. The van der Waals surface area contributed by atoms with E-state index in [-0.39, 0.29) is 10.6 Å². The van der Waals surface area contributed by atoms with Crippen molar-refractivity contribution in [1.29, 1.82) is 0 Å². The topological polar surface area (TPSA) is 96.7 Å². The lowest BCUT2D eigenvalue weighted by Crippen LogP contribution is -2.29. The van der Waals surface area contributed by atoms with Crippen LogP contribution in [-0.2, 0) is 16.6 Å². The summed E-state index contributed by atoms with van der Waals surface area (Å²) in [5.41, 5.74) is 6.60. The minimum absolute atomic E-state index is 0.0652. The third kappa shape index (κ3) is 7.50. The van der Waals surface area contributed by atoms with Gasteiger partial charge in [-0.3, -0.25) is 10.4 Å². The number of rotatable bonds is 13. The highest BCUT2D eigenvalue weighted by Gasteiger charge is 2.23. The molecule has 0 radical (unpaired) electrons. The van der Waals surface area contributed by atoms with Gasteiger partial charge in [0.1, 0.15) is 10.6 Å². The van der Waals surface area contributed by atoms with Gasteiger partial charge in [0.05, 0.1) is 23.6 Å². The molecule has 0 aliphatic rings. The first kappa shape index (κ1) is 27.0. The van der Waals surface area contributed by atoms with Gasteiger partial charge in [-0.15, -0.1) is 0 Å². The summed E-state index contributed by atoms with van der Waals surface area (Å²) in [7, 11) is -4.10. The van der Waals surface area contributed by atoms with Crippen LogP contribution in [0.2, 0.25) is 0 Å². The molecule has 0 aliphatic heterocycles. The van der Waals surface area contributed by atoms with Gasteiger partial charge < -0.3 is 10.1 Å². The molecule has 0 unspecified atom stereocenters. The standard InChI is InChI=1S/C30H34N4O3S/c1-2-3-13-20-32-28-21-24(22-29(38(31,35)36)30(28)37-27-18-11-6-12-19-27)23-34(26-16-9-5-10-17-26)33-25-14-7-4-8-15-25/h4-12,14-19,21-22,32-33H,2-3,13,20,23H2,1H3,(H2,31,35,36). The molecule has 4 aromatic rings. The number of hydrogen-bond donors (Lipinski definition) is 3. The molecule has 0 spiro atoms. The molecule has 0 aliphatic carbocycles. The average molecular weight is 531 g/mol. The lowest BCUT2D eigenvalue weighted by molar-refractivity contribution is 0.469. The number of sulfonamides is 1. The van der Waals surface area contributed by atoms with Crippen molar-refractivity contribution in [1.82, 2.24) is 0 Å². The van der Waals surface area contributed by atoms with Crippen LogP contribution in [0.1, 0.15) is 31.7 Å². The highest BCUT2D eigenvalue weighted by Crippen LogP contribution is 2.38. The van der Waals surface area contributed by atoms with Gasteiger partial charge in [-0.1, -0.05) is 74.4 Å². The molecule has 38 heavy (non-hydrogen) atoms. The highest BCUT2D eigenvalue weighted by atomic mass is 32.2. The van der Waals surface area contributed by atoms with E-state index in [4.69, 9.17) is 9.88 Å². The quantitative estimate of drug-likeness (QED) is 0.130. The zero-order chi connectivity index (χ0) is 26.8. The van der Waals surface area contributed by atoms with E-state index in [2.05, 4.69) is 17.7 Å². The summed E-state index contributed by atoms with van der Waals surface area (Å²) in [6.45, 7) is 3.19. The van der Waals surface area contributed by atoms with Crippen molar-refractivity contribution in [3.63, 3.8) is 0 Å². The Kier molecular flexibility index (Phi) is 9.24. The Morgan fingerprint density at radius 3 is 2.11 bits per heavy atom. The summed E-state index contributed by atoms with van der Waals surface area (Å²) in [6.07, 6.45) is 3.09. The largest absolute Gasteiger partial charge is 0.454 e. The maximum Gasteiger partial charge on any atom is 0.241 e. The van der Waals surface area contributed by atoms with Crippen LogP contribution in [0, 0.1) is 0 Å². The van der Waals surface area contributed by atoms with Gasteiger partial charge in [-0.05, 0) is 60.5 Å². The highest BCUT2D eigenvalue weighted by molar-refractivity contribution is 7.89. The summed E-state index contributed by atoms with van der Waals surface area (Å²) in [6, 6.07) is 32.3. The maximum atomic E-state index is 12.8. The van der Waals surface area contributed by atoms with Crippen LogP contribution in [0.25, 0.3) is 0 Å². The van der Waals surface area contributed by atoms with E-state index in [1.165, 1.54) is 0 Å². The first-order valence-electron chi connectivity index (χ1n) is 12.7. The van der Waals surface area contributed by atoms with Crippen LogP contribution < -0.4 is 25.6 Å². The number of nitrogens with zero attached hydrogens (tertiary/aromatic N) is 1. The van der Waals surface area contributed by atoms with E-state index in [0.717, 1.165) is 36.2 Å². The van der Waals surface area contributed by atoms with Crippen LogP contribution in [0.4, 0.5) is 17.1 Å². The van der Waals surface area contributed by atoms with Crippen LogP contribution in [-0.4, -0.2) is 15.0 Å². The monoisotopic (exact) mass is 530 g/mol. The summed E-state index contributed by atoms with van der Waals surface area (Å²) >= 11 is 0. The molecular weight excluding hydrogens is 496 g/mol. The first-order valence-corrected chi connectivity index (χ1v) is 14.3. The number of primary sulfonamides is 1. The fourth-order valence-electron chi connectivity index (χ4n) is 4.06. The van der Waals surface area contributed by atoms with Crippen molar-refractivity contribution in [2.24, 2.45) is 5.14 Å². The molecule has 198 valence electrons. The molecule has 4 aromatic carbocycles. The molecule has 7 nitrogen and oxygen atoms in total. The van der Waals surface area contributed by atoms with Crippen molar-refractivity contribution in [3.8, 4) is 11.5 Å². The Hall–Kier alpha value is -4.01. The predicted molar refractivity (Wildman–Crippen MR) is 155 cm³/mol. The number of nitrogens with two attached hydrogens (primary N) is 1.